The minimum Gasteiger partial charge on any atom is -0.497 e. The summed E-state index contributed by atoms with van der Waals surface area (Å²) >= 11 is 0. The van der Waals surface area contributed by atoms with Gasteiger partial charge >= 0.3 is 6.09 Å². The Labute approximate surface area is 195 Å². The number of ether oxygens (including phenoxy) is 2. The van der Waals surface area contributed by atoms with E-state index in [9.17, 15) is 14.0 Å². The number of carbonyl (C=O) groups is 2. The first-order chi connectivity index (χ1) is 16.5. The molecule has 0 radical (unpaired) electrons. The molecule has 2 aliphatic rings. The molecule has 0 saturated carbocycles. The number of hydrogen-bond donors (Lipinski definition) is 1. The molecular weight excluding hydrogens is 439 g/mol. The Morgan fingerprint density at radius 1 is 1.15 bits per heavy atom. The fourth-order valence-electron chi connectivity index (χ4n) is 4.36. The lowest BCUT2D eigenvalue weighted by molar-refractivity contribution is 0.0554. The van der Waals surface area contributed by atoms with Crippen molar-refractivity contribution in [3.8, 4) is 5.75 Å². The number of anilines is 3. The number of hydrogen-bond acceptors (Lipinski definition) is 6. The number of pyridine rings is 1. The highest BCUT2D eigenvalue weighted by atomic mass is 19.1. The molecule has 0 bridgehead atoms. The minimum atomic E-state index is -0.829. The predicted molar refractivity (Wildman–Crippen MR) is 124 cm³/mol. The highest BCUT2D eigenvalue weighted by Gasteiger charge is 2.51. The van der Waals surface area contributed by atoms with Gasteiger partial charge in [0.1, 0.15) is 17.4 Å². The second-order valence-corrected chi connectivity index (χ2v) is 8.35. The molecule has 3 heterocycles. The van der Waals surface area contributed by atoms with Gasteiger partial charge in [0.05, 0.1) is 31.5 Å². The molecular formula is C25H23FN4O4. The van der Waals surface area contributed by atoms with Crippen LogP contribution < -0.4 is 15.0 Å². The number of nitrogens with one attached hydrogen (secondary N) is 1. The standard InChI is InChI=1S/C25H23FN4O4/c1-33-20-9-7-18(8-10-20)28-22-21(6-3-12-27-22)23(31)29-13-11-25(15-29)16-30(24(32)34-25)19-5-2-4-17(26)14-19/h2-10,12,14H,11,13,15-16H2,1H3,(H,27,28). The fourth-order valence-corrected chi connectivity index (χ4v) is 4.36. The number of carbonyl (C=O) groups excluding carboxylic acids is 2. The number of nitrogens with zero attached hydrogens (tertiary/aromatic N) is 3. The molecule has 1 spiro atoms. The van der Waals surface area contributed by atoms with Crippen LogP contribution in [0.5, 0.6) is 5.75 Å². The van der Waals surface area contributed by atoms with Crippen LogP contribution in [0.4, 0.5) is 26.4 Å². The monoisotopic (exact) mass is 462 g/mol. The van der Waals surface area contributed by atoms with Crippen LogP contribution in [0.2, 0.25) is 0 Å². The normalized spacial score (nSPS) is 19.4. The van der Waals surface area contributed by atoms with Crippen molar-refractivity contribution in [2.75, 3.05) is 37.0 Å². The summed E-state index contributed by atoms with van der Waals surface area (Å²) in [5.74, 6) is 0.524. The molecule has 2 fully saturated rings. The quantitative estimate of drug-likeness (QED) is 0.612. The molecule has 3 aromatic rings. The average Bonchev–Trinajstić information content (AvgIpc) is 3.41. The van der Waals surface area contributed by atoms with Crippen molar-refractivity contribution in [2.45, 2.75) is 12.0 Å². The maximum absolute atomic E-state index is 13.7. The lowest BCUT2D eigenvalue weighted by atomic mass is 10.0. The Kier molecular flexibility index (Phi) is 5.53. The molecule has 1 N–H and O–H groups in total. The molecule has 0 aliphatic carbocycles. The van der Waals surface area contributed by atoms with Crippen molar-refractivity contribution in [2.24, 2.45) is 0 Å². The fraction of sp³-hybridized carbons (Fsp3) is 0.240. The van der Waals surface area contributed by atoms with Gasteiger partial charge in [-0.3, -0.25) is 9.69 Å². The molecule has 2 amide bonds. The molecule has 8 nitrogen and oxygen atoms in total. The summed E-state index contributed by atoms with van der Waals surface area (Å²) in [6.45, 7) is 0.934. The SMILES string of the molecule is COc1ccc(Nc2ncccc2C(=O)N2CCC3(C2)CN(c2cccc(F)c2)C(=O)O3)cc1. The highest BCUT2D eigenvalue weighted by Crippen LogP contribution is 2.36. The number of rotatable bonds is 5. The van der Waals surface area contributed by atoms with Crippen LogP contribution in [-0.4, -0.2) is 54.2 Å². The number of likely N-dealkylation sites (tertiary alicyclic amines) is 1. The summed E-state index contributed by atoms with van der Waals surface area (Å²) < 4.78 is 24.5. The van der Waals surface area contributed by atoms with E-state index in [1.54, 1.807) is 42.5 Å². The van der Waals surface area contributed by atoms with Crippen molar-refractivity contribution < 1.29 is 23.5 Å². The van der Waals surface area contributed by atoms with E-state index in [0.717, 1.165) is 11.4 Å². The van der Waals surface area contributed by atoms with Crippen LogP contribution in [0.1, 0.15) is 16.8 Å². The van der Waals surface area contributed by atoms with Crippen molar-refractivity contribution in [3.63, 3.8) is 0 Å². The van der Waals surface area contributed by atoms with Gasteiger partial charge in [-0.2, -0.15) is 0 Å². The van der Waals surface area contributed by atoms with Gasteiger partial charge in [-0.05, 0) is 54.6 Å². The van der Waals surface area contributed by atoms with Crippen molar-refractivity contribution >= 4 is 29.2 Å². The third kappa shape index (κ3) is 4.12. The van der Waals surface area contributed by atoms with Gasteiger partial charge in [-0.25, -0.2) is 14.2 Å². The summed E-state index contributed by atoms with van der Waals surface area (Å²) in [6.07, 6.45) is 1.57. The first kappa shape index (κ1) is 21.7. The topological polar surface area (TPSA) is 84.0 Å². The third-order valence-electron chi connectivity index (χ3n) is 6.08. The Balaban J connectivity index is 1.32. The Morgan fingerprint density at radius 3 is 2.74 bits per heavy atom. The average molecular weight is 462 g/mol. The van der Waals surface area contributed by atoms with E-state index in [-0.39, 0.29) is 19.0 Å². The zero-order chi connectivity index (χ0) is 23.7. The lowest BCUT2D eigenvalue weighted by Gasteiger charge is -2.23. The molecule has 1 aromatic heterocycles. The smallest absolute Gasteiger partial charge is 0.415 e. The van der Waals surface area contributed by atoms with Gasteiger partial charge in [-0.15, -0.1) is 0 Å². The summed E-state index contributed by atoms with van der Waals surface area (Å²) in [6, 6.07) is 16.6. The molecule has 2 aliphatic heterocycles. The first-order valence-corrected chi connectivity index (χ1v) is 10.9. The van der Waals surface area contributed by atoms with E-state index in [1.165, 1.54) is 17.0 Å². The van der Waals surface area contributed by atoms with Gasteiger partial charge in [0.2, 0.25) is 0 Å². The van der Waals surface area contributed by atoms with Gasteiger partial charge in [0.15, 0.2) is 5.60 Å². The van der Waals surface area contributed by atoms with Crippen molar-refractivity contribution in [1.82, 2.24) is 9.88 Å². The van der Waals surface area contributed by atoms with Crippen LogP contribution >= 0.6 is 0 Å². The van der Waals surface area contributed by atoms with Gasteiger partial charge in [-0.1, -0.05) is 6.07 Å². The van der Waals surface area contributed by atoms with Gasteiger partial charge < -0.3 is 19.7 Å². The zero-order valence-corrected chi connectivity index (χ0v) is 18.5. The molecule has 1 unspecified atom stereocenters. The van der Waals surface area contributed by atoms with Crippen molar-refractivity contribution in [3.05, 3.63) is 78.2 Å². The maximum atomic E-state index is 13.7. The van der Waals surface area contributed by atoms with Crippen LogP contribution in [0.15, 0.2) is 66.9 Å². The number of amides is 2. The number of halogens is 1. The maximum Gasteiger partial charge on any atom is 0.415 e. The van der Waals surface area contributed by atoms with E-state index in [0.29, 0.717) is 30.0 Å². The molecule has 9 heteroatoms. The van der Waals surface area contributed by atoms with Crippen LogP contribution in [0.3, 0.4) is 0 Å². The summed E-state index contributed by atoms with van der Waals surface area (Å²) in [5.41, 5.74) is 0.790. The van der Waals surface area contributed by atoms with Gasteiger partial charge in [0, 0.05) is 24.8 Å². The summed E-state index contributed by atoms with van der Waals surface area (Å²) in [4.78, 5) is 33.4. The largest absolute Gasteiger partial charge is 0.497 e. The summed E-state index contributed by atoms with van der Waals surface area (Å²) in [7, 11) is 1.60. The lowest BCUT2D eigenvalue weighted by Crippen LogP contribution is -2.39. The third-order valence-corrected chi connectivity index (χ3v) is 6.08. The zero-order valence-electron chi connectivity index (χ0n) is 18.5. The molecule has 5 rings (SSSR count). The molecule has 1 atom stereocenters. The number of benzene rings is 2. The predicted octanol–water partition coefficient (Wildman–Crippen LogP) is 4.21. The number of methoxy groups -OCH3 is 1. The second kappa shape index (κ2) is 8.66. The Bertz CT molecular complexity index is 1240. The van der Waals surface area contributed by atoms with E-state index in [1.807, 2.05) is 24.3 Å². The van der Waals surface area contributed by atoms with Crippen LogP contribution in [-0.2, 0) is 4.74 Å². The molecule has 2 saturated heterocycles. The van der Waals surface area contributed by atoms with Gasteiger partial charge in [0.25, 0.3) is 5.91 Å². The number of aromatic nitrogens is 1. The first-order valence-electron chi connectivity index (χ1n) is 10.9. The molecule has 34 heavy (non-hydrogen) atoms. The second-order valence-electron chi connectivity index (χ2n) is 8.35. The Hall–Kier alpha value is -4.14. The minimum absolute atomic E-state index is 0.207. The van der Waals surface area contributed by atoms with E-state index >= 15 is 0 Å². The Morgan fingerprint density at radius 2 is 1.97 bits per heavy atom. The highest BCUT2D eigenvalue weighted by molar-refractivity contribution is 6.00. The van der Waals surface area contributed by atoms with E-state index in [2.05, 4.69) is 10.3 Å². The van der Waals surface area contributed by atoms with E-state index < -0.39 is 17.5 Å². The van der Waals surface area contributed by atoms with Crippen LogP contribution in [0, 0.1) is 5.82 Å². The summed E-state index contributed by atoms with van der Waals surface area (Å²) in [5, 5.41) is 3.19. The van der Waals surface area contributed by atoms with Crippen molar-refractivity contribution in [1.29, 1.82) is 0 Å². The van der Waals surface area contributed by atoms with E-state index in [4.69, 9.17) is 9.47 Å². The van der Waals surface area contributed by atoms with Crippen LogP contribution in [0.25, 0.3) is 0 Å². The molecule has 2 aromatic carbocycles. The molecule has 174 valence electrons.